The van der Waals surface area contributed by atoms with Crippen molar-refractivity contribution in [3.63, 3.8) is 0 Å². The molecule has 2 rings (SSSR count). The first-order valence-corrected chi connectivity index (χ1v) is 11.1. The average Bonchev–Trinajstić information content (AvgIpc) is 2.63. The molecule has 1 amide bonds. The topological polar surface area (TPSA) is 119 Å². The highest BCUT2D eigenvalue weighted by Crippen LogP contribution is 2.25. The van der Waals surface area contributed by atoms with Gasteiger partial charge in [-0.05, 0) is 50.1 Å². The van der Waals surface area contributed by atoms with Crippen LogP contribution in [-0.4, -0.2) is 44.7 Å². The molecule has 30 heavy (non-hydrogen) atoms. The first kappa shape index (κ1) is 23.1. The van der Waals surface area contributed by atoms with Crippen LogP contribution in [0.2, 0.25) is 0 Å². The van der Waals surface area contributed by atoms with Gasteiger partial charge < -0.3 is 10.1 Å². The Bertz CT molecular complexity index is 1020. The highest BCUT2D eigenvalue weighted by molar-refractivity contribution is 7.92. The number of nitro groups is 1. The van der Waals surface area contributed by atoms with Crippen LogP contribution in [0.5, 0.6) is 5.75 Å². The van der Waals surface area contributed by atoms with E-state index in [1.165, 1.54) is 25.1 Å². The predicted molar refractivity (Wildman–Crippen MR) is 114 cm³/mol. The molecule has 2 aromatic carbocycles. The molecule has 162 valence electrons. The quantitative estimate of drug-likeness (QED) is 0.367. The van der Waals surface area contributed by atoms with Crippen LogP contribution >= 0.6 is 0 Å². The number of amides is 1. The van der Waals surface area contributed by atoms with Crippen molar-refractivity contribution in [1.29, 1.82) is 0 Å². The van der Waals surface area contributed by atoms with Crippen LogP contribution < -0.4 is 14.4 Å². The lowest BCUT2D eigenvalue weighted by Gasteiger charge is -2.28. The number of benzene rings is 2. The van der Waals surface area contributed by atoms with Gasteiger partial charge in [0.1, 0.15) is 18.4 Å². The van der Waals surface area contributed by atoms with Crippen molar-refractivity contribution in [3.8, 4) is 5.75 Å². The van der Waals surface area contributed by atoms with Crippen LogP contribution in [0.4, 0.5) is 11.4 Å². The SMILES string of the molecule is Cc1cc(C)cc(OCCNC(=O)C(C)N(c2cccc([N+](=O)[O-])c2)S(C)(=O)=O)c1. The largest absolute Gasteiger partial charge is 0.492 e. The van der Waals surface area contributed by atoms with Gasteiger partial charge in [-0.3, -0.25) is 19.2 Å². The summed E-state index contributed by atoms with van der Waals surface area (Å²) in [6.45, 7) is 5.70. The monoisotopic (exact) mass is 435 g/mol. The standard InChI is InChI=1S/C20H25N3O6S/c1-14-10-15(2)12-19(11-14)29-9-8-21-20(24)16(3)22(30(4,27)28)17-6-5-7-18(13-17)23(25)26/h5-7,10-13,16H,8-9H2,1-4H3,(H,21,24). The average molecular weight is 436 g/mol. The van der Waals surface area contributed by atoms with Gasteiger partial charge >= 0.3 is 0 Å². The molecule has 0 fully saturated rings. The lowest BCUT2D eigenvalue weighted by molar-refractivity contribution is -0.384. The molecule has 0 radical (unpaired) electrons. The lowest BCUT2D eigenvalue weighted by atomic mass is 10.1. The highest BCUT2D eigenvalue weighted by atomic mass is 32.2. The zero-order valence-corrected chi connectivity index (χ0v) is 18.1. The first-order chi connectivity index (χ1) is 14.0. The molecule has 10 heteroatoms. The number of hydrogen-bond acceptors (Lipinski definition) is 6. The normalized spacial score (nSPS) is 12.1. The molecule has 0 saturated carbocycles. The Labute approximate surface area is 175 Å². The van der Waals surface area contributed by atoms with Crippen LogP contribution in [0.15, 0.2) is 42.5 Å². The summed E-state index contributed by atoms with van der Waals surface area (Å²) in [7, 11) is -3.87. The van der Waals surface area contributed by atoms with E-state index in [2.05, 4.69) is 5.32 Å². The van der Waals surface area contributed by atoms with Crippen molar-refractivity contribution in [3.05, 3.63) is 63.7 Å². The number of non-ortho nitro benzene ring substituents is 1. The van der Waals surface area contributed by atoms with Gasteiger partial charge in [-0.1, -0.05) is 12.1 Å². The van der Waals surface area contributed by atoms with Crippen molar-refractivity contribution in [1.82, 2.24) is 5.32 Å². The Hall–Kier alpha value is -3.14. The minimum Gasteiger partial charge on any atom is -0.492 e. The first-order valence-electron chi connectivity index (χ1n) is 9.21. The summed E-state index contributed by atoms with van der Waals surface area (Å²) >= 11 is 0. The molecule has 0 heterocycles. The summed E-state index contributed by atoms with van der Waals surface area (Å²) < 4.78 is 31.1. The molecule has 0 saturated heterocycles. The van der Waals surface area contributed by atoms with Crippen molar-refractivity contribution in [2.24, 2.45) is 0 Å². The van der Waals surface area contributed by atoms with Crippen LogP contribution in [-0.2, 0) is 14.8 Å². The Balaban J connectivity index is 2.05. The third kappa shape index (κ3) is 6.18. The summed E-state index contributed by atoms with van der Waals surface area (Å²) in [6.07, 6.45) is 0.943. The van der Waals surface area contributed by atoms with E-state index in [4.69, 9.17) is 4.74 Å². The molecule has 0 aromatic heterocycles. The van der Waals surface area contributed by atoms with Crippen molar-refractivity contribution in [2.45, 2.75) is 26.8 Å². The zero-order chi connectivity index (χ0) is 22.5. The van der Waals surface area contributed by atoms with Gasteiger partial charge in [0.05, 0.1) is 23.4 Å². The van der Waals surface area contributed by atoms with Gasteiger partial charge in [0.25, 0.3) is 5.69 Å². The minimum atomic E-state index is -3.87. The molecule has 1 N–H and O–H groups in total. The number of ether oxygens (including phenoxy) is 1. The van der Waals surface area contributed by atoms with Gasteiger partial charge in [-0.25, -0.2) is 8.42 Å². The van der Waals surface area contributed by atoms with E-state index in [0.717, 1.165) is 27.8 Å². The molecule has 0 bridgehead atoms. The number of nitro benzene ring substituents is 1. The van der Waals surface area contributed by atoms with Gasteiger partial charge in [-0.2, -0.15) is 0 Å². The Morgan fingerprint density at radius 2 is 1.83 bits per heavy atom. The van der Waals surface area contributed by atoms with Gasteiger partial charge in [0.15, 0.2) is 0 Å². The fourth-order valence-electron chi connectivity index (χ4n) is 3.06. The Morgan fingerprint density at radius 3 is 2.40 bits per heavy atom. The minimum absolute atomic E-state index is 0.0424. The van der Waals surface area contributed by atoms with Crippen molar-refractivity contribution in [2.75, 3.05) is 23.7 Å². The van der Waals surface area contributed by atoms with E-state index in [1.54, 1.807) is 0 Å². The predicted octanol–water partition coefficient (Wildman–Crippen LogP) is 2.56. The van der Waals surface area contributed by atoms with E-state index < -0.39 is 26.9 Å². The number of carbonyl (C=O) groups excluding carboxylic acids is 1. The van der Waals surface area contributed by atoms with Crippen LogP contribution in [0, 0.1) is 24.0 Å². The molecule has 0 spiro atoms. The molecule has 0 aliphatic carbocycles. The Morgan fingerprint density at radius 1 is 1.20 bits per heavy atom. The molecular weight excluding hydrogens is 410 g/mol. The number of rotatable bonds is 9. The van der Waals surface area contributed by atoms with Gasteiger partial charge in [0.2, 0.25) is 15.9 Å². The third-order valence-electron chi connectivity index (χ3n) is 4.25. The number of aryl methyl sites for hydroxylation is 2. The zero-order valence-electron chi connectivity index (χ0n) is 17.3. The van der Waals surface area contributed by atoms with E-state index in [1.807, 2.05) is 32.0 Å². The number of carbonyl (C=O) groups is 1. The fourth-order valence-corrected chi connectivity index (χ4v) is 4.23. The van der Waals surface area contributed by atoms with Crippen molar-refractivity contribution >= 4 is 27.3 Å². The maximum Gasteiger partial charge on any atom is 0.271 e. The van der Waals surface area contributed by atoms with E-state index >= 15 is 0 Å². The third-order valence-corrected chi connectivity index (χ3v) is 5.49. The molecule has 2 aromatic rings. The summed E-state index contributed by atoms with van der Waals surface area (Å²) in [5.74, 6) is 0.139. The number of nitrogens with one attached hydrogen (secondary N) is 1. The molecule has 0 aliphatic rings. The summed E-state index contributed by atoms with van der Waals surface area (Å²) in [6, 6.07) is 9.81. The fraction of sp³-hybridized carbons (Fsp3) is 0.350. The molecular formula is C20H25N3O6S. The summed E-state index contributed by atoms with van der Waals surface area (Å²) in [4.78, 5) is 22.9. The number of nitrogens with zero attached hydrogens (tertiary/aromatic N) is 2. The summed E-state index contributed by atoms with van der Waals surface area (Å²) in [5, 5.41) is 13.6. The van der Waals surface area contributed by atoms with E-state index in [0.29, 0.717) is 5.75 Å². The van der Waals surface area contributed by atoms with Gasteiger partial charge in [0, 0.05) is 12.1 Å². The van der Waals surface area contributed by atoms with Crippen LogP contribution in [0.25, 0.3) is 0 Å². The van der Waals surface area contributed by atoms with Crippen LogP contribution in [0.1, 0.15) is 18.1 Å². The lowest BCUT2D eigenvalue weighted by Crippen LogP contribution is -2.48. The highest BCUT2D eigenvalue weighted by Gasteiger charge is 2.29. The maximum absolute atomic E-state index is 12.5. The summed E-state index contributed by atoms with van der Waals surface area (Å²) in [5.41, 5.74) is 1.89. The smallest absolute Gasteiger partial charge is 0.271 e. The second kappa shape index (κ2) is 9.57. The molecule has 1 unspecified atom stereocenters. The second-order valence-electron chi connectivity index (χ2n) is 6.97. The number of hydrogen-bond donors (Lipinski definition) is 1. The molecule has 9 nitrogen and oxygen atoms in total. The molecule has 1 atom stereocenters. The second-order valence-corrected chi connectivity index (χ2v) is 8.83. The van der Waals surface area contributed by atoms with Gasteiger partial charge in [-0.15, -0.1) is 0 Å². The maximum atomic E-state index is 12.5. The Kier molecular flexibility index (Phi) is 7.38. The van der Waals surface area contributed by atoms with E-state index in [-0.39, 0.29) is 24.5 Å². The van der Waals surface area contributed by atoms with Crippen molar-refractivity contribution < 1.29 is 22.9 Å². The van der Waals surface area contributed by atoms with Crippen LogP contribution in [0.3, 0.4) is 0 Å². The number of sulfonamides is 1. The van der Waals surface area contributed by atoms with E-state index in [9.17, 15) is 23.3 Å². The molecule has 0 aliphatic heterocycles. The number of anilines is 1.